The number of fused-ring (bicyclic) bond motifs is 1. The summed E-state index contributed by atoms with van der Waals surface area (Å²) < 4.78 is 11.3. The van der Waals surface area contributed by atoms with Crippen molar-refractivity contribution < 1.29 is 14.3 Å². The minimum absolute atomic E-state index is 0.0101. The van der Waals surface area contributed by atoms with Crippen LogP contribution in [0.4, 0.5) is 5.69 Å². The molecule has 0 aromatic heterocycles. The number of nitrogens with one attached hydrogen (secondary N) is 2. The van der Waals surface area contributed by atoms with Crippen LogP contribution in [0, 0.1) is 5.92 Å². The molecule has 5 nitrogen and oxygen atoms in total. The fourth-order valence-corrected chi connectivity index (χ4v) is 2.02. The first-order chi connectivity index (χ1) is 9.41. The lowest BCUT2D eigenvalue weighted by atomic mass is 10.1. The Morgan fingerprint density at radius 1 is 1.30 bits per heavy atom. The number of hydrogen-bond acceptors (Lipinski definition) is 4. The zero-order valence-electron chi connectivity index (χ0n) is 12.4. The smallest absolute Gasteiger partial charge is 0.246 e. The number of hydrogen-bond donors (Lipinski definition) is 2. The maximum atomic E-state index is 12.0. The topological polar surface area (TPSA) is 59.6 Å². The highest BCUT2D eigenvalue weighted by molar-refractivity contribution is 5.92. The number of ether oxygens (including phenoxy) is 2. The Morgan fingerprint density at radius 2 is 2.00 bits per heavy atom. The lowest BCUT2D eigenvalue weighted by Crippen LogP contribution is -2.30. The van der Waals surface area contributed by atoms with Crippen LogP contribution in [0.1, 0.15) is 27.7 Å². The van der Waals surface area contributed by atoms with Gasteiger partial charge in [-0.2, -0.15) is 0 Å². The van der Waals surface area contributed by atoms with Crippen LogP contribution in [-0.4, -0.2) is 24.8 Å². The third-order valence-corrected chi connectivity index (χ3v) is 3.07. The molecule has 0 fully saturated rings. The molecular weight excluding hydrogens is 256 g/mol. The van der Waals surface area contributed by atoms with E-state index in [9.17, 15) is 4.79 Å². The molecule has 0 saturated carbocycles. The maximum absolute atomic E-state index is 12.0. The fourth-order valence-electron chi connectivity index (χ4n) is 2.02. The quantitative estimate of drug-likeness (QED) is 0.868. The second-order valence-electron chi connectivity index (χ2n) is 5.46. The second kappa shape index (κ2) is 5.71. The maximum Gasteiger partial charge on any atom is 0.246 e. The zero-order chi connectivity index (χ0) is 14.8. The van der Waals surface area contributed by atoms with Crippen molar-refractivity contribution in [2.45, 2.75) is 33.5 Å². The van der Waals surface area contributed by atoms with E-state index >= 15 is 0 Å². The lowest BCUT2D eigenvalue weighted by Gasteiger charge is -2.16. The summed E-state index contributed by atoms with van der Waals surface area (Å²) in [6.07, 6.45) is 0. The van der Waals surface area contributed by atoms with E-state index in [-0.39, 0.29) is 11.8 Å². The van der Waals surface area contributed by atoms with Crippen molar-refractivity contribution in [1.82, 2.24) is 5.32 Å². The largest absolute Gasteiger partial charge is 0.449 e. The van der Waals surface area contributed by atoms with Gasteiger partial charge in [0.05, 0.1) is 0 Å². The molecule has 20 heavy (non-hydrogen) atoms. The molecule has 1 aliphatic heterocycles. The highest BCUT2D eigenvalue weighted by atomic mass is 16.7. The predicted molar refractivity (Wildman–Crippen MR) is 78.1 cm³/mol. The number of amides is 1. The van der Waals surface area contributed by atoms with Gasteiger partial charge in [-0.1, -0.05) is 13.8 Å². The van der Waals surface area contributed by atoms with Gasteiger partial charge in [-0.05, 0) is 18.7 Å². The molecule has 2 N–H and O–H groups in total. The van der Waals surface area contributed by atoms with Crippen LogP contribution in [0.5, 0.6) is 11.5 Å². The van der Waals surface area contributed by atoms with E-state index in [4.69, 9.17) is 9.47 Å². The summed E-state index contributed by atoms with van der Waals surface area (Å²) >= 11 is 0. The molecular formula is C15H22N2O3. The van der Waals surface area contributed by atoms with Gasteiger partial charge in [-0.25, -0.2) is 0 Å². The second-order valence-corrected chi connectivity index (χ2v) is 5.46. The van der Waals surface area contributed by atoms with Crippen LogP contribution < -0.4 is 20.1 Å². The molecule has 0 spiro atoms. The molecule has 5 heteroatoms. The Bertz CT molecular complexity index is 500. The van der Waals surface area contributed by atoms with Crippen LogP contribution in [-0.2, 0) is 4.79 Å². The molecule has 110 valence electrons. The van der Waals surface area contributed by atoms with Crippen molar-refractivity contribution in [3.63, 3.8) is 0 Å². The highest BCUT2D eigenvalue weighted by Gasteiger charge is 2.31. The van der Waals surface area contributed by atoms with Gasteiger partial charge in [0.25, 0.3) is 0 Å². The van der Waals surface area contributed by atoms with Crippen molar-refractivity contribution >= 4 is 11.6 Å². The van der Waals surface area contributed by atoms with Gasteiger partial charge in [-0.3, -0.25) is 4.79 Å². The molecule has 2 rings (SSSR count). The summed E-state index contributed by atoms with van der Waals surface area (Å²) in [6.45, 7) is 9.14. The summed E-state index contributed by atoms with van der Waals surface area (Å²) in [4.78, 5) is 12.0. The van der Waals surface area contributed by atoms with Gasteiger partial charge in [0.15, 0.2) is 11.5 Å². The first-order valence-electron chi connectivity index (χ1n) is 6.95. The summed E-state index contributed by atoms with van der Waals surface area (Å²) in [5.41, 5.74) is 0.721. The summed E-state index contributed by atoms with van der Waals surface area (Å²) in [5.74, 6) is 0.616. The number of carbonyl (C=O) groups excluding carboxylic acids is 1. The molecule has 1 atom stereocenters. The number of rotatable bonds is 5. The lowest BCUT2D eigenvalue weighted by molar-refractivity contribution is -0.119. The standard InChI is InChI=1S/C15H22N2O3/c1-5-16-9-10(2)14(18)17-11-6-7-12-13(8-11)20-15(3,4)19-12/h6-8,10,16H,5,9H2,1-4H3,(H,17,18). The Morgan fingerprint density at radius 3 is 2.70 bits per heavy atom. The predicted octanol–water partition coefficient (Wildman–Crippen LogP) is 2.38. The molecule has 1 aliphatic rings. The van der Waals surface area contributed by atoms with E-state index in [0.29, 0.717) is 18.0 Å². The zero-order valence-corrected chi connectivity index (χ0v) is 12.4. The third kappa shape index (κ3) is 3.42. The molecule has 1 amide bonds. The molecule has 0 saturated heterocycles. The molecule has 1 unspecified atom stereocenters. The van der Waals surface area contributed by atoms with E-state index < -0.39 is 5.79 Å². The number of anilines is 1. The minimum Gasteiger partial charge on any atom is -0.449 e. The van der Waals surface area contributed by atoms with Crippen LogP contribution in [0.2, 0.25) is 0 Å². The molecule has 1 heterocycles. The van der Waals surface area contributed by atoms with Crippen LogP contribution >= 0.6 is 0 Å². The average molecular weight is 278 g/mol. The first kappa shape index (κ1) is 14.7. The fraction of sp³-hybridized carbons (Fsp3) is 0.533. The molecule has 0 radical (unpaired) electrons. The summed E-state index contributed by atoms with van der Waals surface area (Å²) in [5, 5.41) is 6.05. The third-order valence-electron chi connectivity index (χ3n) is 3.07. The van der Waals surface area contributed by atoms with Crippen molar-refractivity contribution in [2.75, 3.05) is 18.4 Å². The number of carbonyl (C=O) groups is 1. The monoisotopic (exact) mass is 278 g/mol. The SMILES string of the molecule is CCNCC(C)C(=O)Nc1ccc2c(c1)OC(C)(C)O2. The molecule has 0 bridgehead atoms. The van der Waals surface area contributed by atoms with Crippen LogP contribution in [0.3, 0.4) is 0 Å². The van der Waals surface area contributed by atoms with Gasteiger partial charge in [0.1, 0.15) is 0 Å². The Balaban J connectivity index is 2.00. The van der Waals surface area contributed by atoms with Crippen LogP contribution in [0.25, 0.3) is 0 Å². The minimum atomic E-state index is -0.650. The van der Waals surface area contributed by atoms with Crippen LogP contribution in [0.15, 0.2) is 18.2 Å². The van der Waals surface area contributed by atoms with Gasteiger partial charge in [0.2, 0.25) is 11.7 Å². The van der Waals surface area contributed by atoms with Crippen molar-refractivity contribution in [1.29, 1.82) is 0 Å². The average Bonchev–Trinajstić information content (AvgIpc) is 2.68. The highest BCUT2D eigenvalue weighted by Crippen LogP contribution is 2.40. The van der Waals surface area contributed by atoms with E-state index in [2.05, 4.69) is 10.6 Å². The van der Waals surface area contributed by atoms with Gasteiger partial charge in [0, 0.05) is 38.1 Å². The van der Waals surface area contributed by atoms with E-state index in [0.717, 1.165) is 12.2 Å². The molecule has 1 aromatic rings. The molecule has 1 aromatic carbocycles. The normalized spacial score (nSPS) is 16.8. The Kier molecular flexibility index (Phi) is 4.18. The summed E-state index contributed by atoms with van der Waals surface area (Å²) in [7, 11) is 0. The molecule has 0 aliphatic carbocycles. The van der Waals surface area contributed by atoms with Gasteiger partial charge >= 0.3 is 0 Å². The van der Waals surface area contributed by atoms with E-state index in [1.807, 2.05) is 39.8 Å². The van der Waals surface area contributed by atoms with Gasteiger partial charge < -0.3 is 20.1 Å². The van der Waals surface area contributed by atoms with E-state index in [1.54, 1.807) is 6.07 Å². The Hall–Kier alpha value is -1.75. The van der Waals surface area contributed by atoms with Crippen molar-refractivity contribution in [3.8, 4) is 11.5 Å². The van der Waals surface area contributed by atoms with E-state index in [1.165, 1.54) is 0 Å². The van der Waals surface area contributed by atoms with Crippen molar-refractivity contribution in [2.24, 2.45) is 5.92 Å². The van der Waals surface area contributed by atoms with Gasteiger partial charge in [-0.15, -0.1) is 0 Å². The number of benzene rings is 1. The Labute approximate surface area is 119 Å². The van der Waals surface area contributed by atoms with Crippen molar-refractivity contribution in [3.05, 3.63) is 18.2 Å². The summed E-state index contributed by atoms with van der Waals surface area (Å²) in [6, 6.07) is 5.43. The first-order valence-corrected chi connectivity index (χ1v) is 6.95.